The first-order chi connectivity index (χ1) is 14.3. The lowest BCUT2D eigenvalue weighted by molar-refractivity contribution is -0.132. The van der Waals surface area contributed by atoms with Gasteiger partial charge in [-0.25, -0.2) is 0 Å². The molecule has 0 radical (unpaired) electrons. The van der Waals surface area contributed by atoms with E-state index >= 15 is 0 Å². The van der Waals surface area contributed by atoms with E-state index in [0.29, 0.717) is 23.0 Å². The van der Waals surface area contributed by atoms with Crippen molar-refractivity contribution in [3.8, 4) is 23.0 Å². The molecule has 2 aromatic carbocycles. The molecule has 0 saturated heterocycles. The molecule has 0 bridgehead atoms. The van der Waals surface area contributed by atoms with E-state index in [4.69, 9.17) is 18.9 Å². The highest BCUT2D eigenvalue weighted by Gasteiger charge is 2.07. The van der Waals surface area contributed by atoms with Crippen molar-refractivity contribution >= 4 is 18.0 Å². The SMILES string of the molecule is C/C=C/c1ccc(OC(C)=O)c(OC)c1.C=CCc1ccc(OC(C)=O)c(OC)c1. The van der Waals surface area contributed by atoms with Crippen LogP contribution in [-0.4, -0.2) is 26.2 Å². The first-order valence-corrected chi connectivity index (χ1v) is 9.29. The molecule has 0 unspecified atom stereocenters. The van der Waals surface area contributed by atoms with Crippen molar-refractivity contribution in [1.82, 2.24) is 0 Å². The van der Waals surface area contributed by atoms with Crippen molar-refractivity contribution in [3.05, 3.63) is 66.3 Å². The highest BCUT2D eigenvalue weighted by Crippen LogP contribution is 2.29. The van der Waals surface area contributed by atoms with Crippen LogP contribution in [0.15, 0.2) is 55.1 Å². The number of hydrogen-bond donors (Lipinski definition) is 0. The molecule has 160 valence electrons. The molecule has 30 heavy (non-hydrogen) atoms. The second-order valence-corrected chi connectivity index (χ2v) is 6.08. The Balaban J connectivity index is 0.000000300. The molecule has 0 aliphatic rings. The molecule has 0 aromatic heterocycles. The summed E-state index contributed by atoms with van der Waals surface area (Å²) in [5.41, 5.74) is 2.07. The minimum absolute atomic E-state index is 0.355. The summed E-state index contributed by atoms with van der Waals surface area (Å²) in [6.45, 7) is 8.31. The Labute approximate surface area is 177 Å². The summed E-state index contributed by atoms with van der Waals surface area (Å²) in [5.74, 6) is 1.29. The van der Waals surface area contributed by atoms with Crippen LogP contribution in [-0.2, 0) is 16.0 Å². The molecule has 0 amide bonds. The molecule has 2 aromatic rings. The van der Waals surface area contributed by atoms with Gasteiger partial charge in [-0.3, -0.25) is 9.59 Å². The predicted molar refractivity (Wildman–Crippen MR) is 117 cm³/mol. The van der Waals surface area contributed by atoms with Crippen molar-refractivity contribution in [2.45, 2.75) is 27.2 Å². The zero-order valence-corrected chi connectivity index (χ0v) is 18.1. The average molecular weight is 412 g/mol. The minimum atomic E-state index is -0.357. The third-order valence-corrected chi connectivity index (χ3v) is 3.66. The van der Waals surface area contributed by atoms with E-state index in [2.05, 4.69) is 6.58 Å². The lowest BCUT2D eigenvalue weighted by Crippen LogP contribution is -2.03. The molecule has 0 aliphatic heterocycles. The van der Waals surface area contributed by atoms with E-state index < -0.39 is 0 Å². The zero-order chi connectivity index (χ0) is 22.5. The van der Waals surface area contributed by atoms with Gasteiger partial charge in [0.1, 0.15) is 0 Å². The Hall–Kier alpha value is -3.54. The van der Waals surface area contributed by atoms with Crippen LogP contribution in [0.25, 0.3) is 6.08 Å². The molecule has 0 aliphatic carbocycles. The fraction of sp³-hybridized carbons (Fsp3) is 0.250. The molecule has 6 nitrogen and oxygen atoms in total. The van der Waals surface area contributed by atoms with Crippen molar-refractivity contribution < 1.29 is 28.5 Å². The van der Waals surface area contributed by atoms with Crippen molar-refractivity contribution in [2.24, 2.45) is 0 Å². The normalized spacial score (nSPS) is 9.90. The predicted octanol–water partition coefficient (Wildman–Crippen LogP) is 5.00. The van der Waals surface area contributed by atoms with E-state index in [1.165, 1.54) is 13.8 Å². The molecule has 0 fully saturated rings. The number of carbonyl (C=O) groups excluding carboxylic acids is 2. The van der Waals surface area contributed by atoms with Crippen LogP contribution in [0.3, 0.4) is 0 Å². The van der Waals surface area contributed by atoms with Gasteiger partial charge in [0, 0.05) is 13.8 Å². The number of esters is 2. The summed E-state index contributed by atoms with van der Waals surface area (Å²) in [5, 5.41) is 0. The van der Waals surface area contributed by atoms with Crippen LogP contribution >= 0.6 is 0 Å². The Morgan fingerprint density at radius 3 is 1.87 bits per heavy atom. The number of carbonyl (C=O) groups is 2. The highest BCUT2D eigenvalue weighted by atomic mass is 16.6. The Morgan fingerprint density at radius 2 is 1.40 bits per heavy atom. The smallest absolute Gasteiger partial charge is 0.308 e. The molecule has 6 heteroatoms. The van der Waals surface area contributed by atoms with Crippen molar-refractivity contribution in [1.29, 1.82) is 0 Å². The van der Waals surface area contributed by atoms with Gasteiger partial charge in [0.05, 0.1) is 14.2 Å². The first kappa shape index (κ1) is 24.5. The molecule has 0 spiro atoms. The second kappa shape index (κ2) is 12.8. The molecule has 0 atom stereocenters. The van der Waals surface area contributed by atoms with Gasteiger partial charge >= 0.3 is 11.9 Å². The van der Waals surface area contributed by atoms with Gasteiger partial charge < -0.3 is 18.9 Å². The van der Waals surface area contributed by atoms with E-state index in [1.54, 1.807) is 32.4 Å². The number of rotatable bonds is 7. The number of ether oxygens (including phenoxy) is 4. The van der Waals surface area contributed by atoms with Gasteiger partial charge in [0.25, 0.3) is 0 Å². The van der Waals surface area contributed by atoms with Gasteiger partial charge in [-0.15, -0.1) is 6.58 Å². The Morgan fingerprint density at radius 1 is 0.867 bits per heavy atom. The highest BCUT2D eigenvalue weighted by molar-refractivity contribution is 5.71. The third kappa shape index (κ3) is 8.22. The molecular weight excluding hydrogens is 384 g/mol. The fourth-order valence-electron chi connectivity index (χ4n) is 2.46. The number of hydrogen-bond acceptors (Lipinski definition) is 6. The van der Waals surface area contributed by atoms with Crippen LogP contribution in [0.5, 0.6) is 23.0 Å². The van der Waals surface area contributed by atoms with Gasteiger partial charge in [0.2, 0.25) is 0 Å². The van der Waals surface area contributed by atoms with E-state index in [0.717, 1.165) is 17.5 Å². The first-order valence-electron chi connectivity index (χ1n) is 9.29. The Bertz CT molecular complexity index is 899. The van der Waals surface area contributed by atoms with Crippen molar-refractivity contribution in [3.63, 3.8) is 0 Å². The van der Waals surface area contributed by atoms with Crippen LogP contribution in [0.4, 0.5) is 0 Å². The maximum Gasteiger partial charge on any atom is 0.308 e. The number of methoxy groups -OCH3 is 2. The molecular formula is C24H28O6. The zero-order valence-electron chi connectivity index (χ0n) is 18.1. The van der Waals surface area contributed by atoms with Gasteiger partial charge in [0.15, 0.2) is 23.0 Å². The van der Waals surface area contributed by atoms with Gasteiger partial charge in [-0.1, -0.05) is 30.4 Å². The van der Waals surface area contributed by atoms with Gasteiger partial charge in [-0.05, 0) is 48.7 Å². The third-order valence-electron chi connectivity index (χ3n) is 3.66. The lowest BCUT2D eigenvalue weighted by atomic mass is 10.1. The summed E-state index contributed by atoms with van der Waals surface area (Å²) in [7, 11) is 3.09. The van der Waals surface area contributed by atoms with E-state index in [9.17, 15) is 9.59 Å². The molecule has 2 rings (SSSR count). The summed E-state index contributed by atoms with van der Waals surface area (Å²) >= 11 is 0. The molecule has 0 N–H and O–H groups in total. The lowest BCUT2D eigenvalue weighted by Gasteiger charge is -2.08. The largest absolute Gasteiger partial charge is 0.493 e. The topological polar surface area (TPSA) is 71.1 Å². The standard InChI is InChI=1S/2C12H14O3/c2*1-4-5-10-6-7-11(15-9(2)13)12(8-10)14-3/h4-8H,1-3H3;4,6-8H,1,5H2,2-3H3/b5-4+;. The monoisotopic (exact) mass is 412 g/mol. The maximum atomic E-state index is 10.8. The van der Waals surface area contributed by atoms with E-state index in [-0.39, 0.29) is 11.9 Å². The minimum Gasteiger partial charge on any atom is -0.493 e. The summed E-state index contributed by atoms with van der Waals surface area (Å²) < 4.78 is 20.2. The van der Waals surface area contributed by atoms with Crippen LogP contribution < -0.4 is 18.9 Å². The van der Waals surface area contributed by atoms with Crippen LogP contribution in [0, 0.1) is 0 Å². The summed E-state index contributed by atoms with van der Waals surface area (Å²) in [6.07, 6.45) is 6.44. The summed E-state index contributed by atoms with van der Waals surface area (Å²) in [4.78, 5) is 21.6. The molecule has 0 heterocycles. The maximum absolute atomic E-state index is 10.8. The number of benzene rings is 2. The average Bonchev–Trinajstić information content (AvgIpc) is 2.70. The summed E-state index contributed by atoms with van der Waals surface area (Å²) in [6, 6.07) is 10.8. The Kier molecular flexibility index (Phi) is 10.5. The van der Waals surface area contributed by atoms with Crippen molar-refractivity contribution in [2.75, 3.05) is 14.2 Å². The van der Waals surface area contributed by atoms with Crippen LogP contribution in [0.2, 0.25) is 0 Å². The quantitative estimate of drug-likeness (QED) is 0.362. The second-order valence-electron chi connectivity index (χ2n) is 6.08. The number of allylic oxidation sites excluding steroid dienone is 2. The van der Waals surface area contributed by atoms with Gasteiger partial charge in [-0.2, -0.15) is 0 Å². The van der Waals surface area contributed by atoms with E-state index in [1.807, 2.05) is 43.3 Å². The fourth-order valence-corrected chi connectivity index (χ4v) is 2.46. The van der Waals surface area contributed by atoms with Crippen LogP contribution in [0.1, 0.15) is 31.9 Å². The molecule has 0 saturated carbocycles.